The summed E-state index contributed by atoms with van der Waals surface area (Å²) in [6.45, 7) is 0.337. The van der Waals surface area contributed by atoms with Crippen LogP contribution >= 0.6 is 11.6 Å². The lowest BCUT2D eigenvalue weighted by Gasteiger charge is -2.12. The van der Waals surface area contributed by atoms with Crippen LogP contribution in [0.4, 0.5) is 20.2 Å². The first-order valence-corrected chi connectivity index (χ1v) is 5.97. The molecule has 0 saturated heterocycles. The van der Waals surface area contributed by atoms with Crippen LogP contribution in [0.15, 0.2) is 36.5 Å². The molecule has 0 aliphatic carbocycles. The number of nitrogens with two attached hydrogens (primary N) is 1. The van der Waals surface area contributed by atoms with Gasteiger partial charge < -0.3 is 11.1 Å². The fraction of sp³-hybridized carbons (Fsp3) is 0.154. The van der Waals surface area contributed by atoms with E-state index in [0.29, 0.717) is 17.9 Å². The maximum absolute atomic E-state index is 12.9. The Balaban J connectivity index is 2.26. The Labute approximate surface area is 114 Å². The summed E-state index contributed by atoms with van der Waals surface area (Å²) >= 11 is 5.72. The molecule has 0 atom stereocenters. The van der Waals surface area contributed by atoms with E-state index in [0.717, 1.165) is 5.69 Å². The number of aromatic nitrogens is 1. The number of nitrogens with one attached hydrogen (secondary N) is 1. The molecule has 0 aliphatic rings. The highest BCUT2D eigenvalue weighted by Crippen LogP contribution is 2.31. The van der Waals surface area contributed by atoms with Crippen LogP contribution in [0.2, 0.25) is 5.02 Å². The minimum atomic E-state index is -2.60. The van der Waals surface area contributed by atoms with Crippen molar-refractivity contribution in [1.29, 1.82) is 0 Å². The zero-order chi connectivity index (χ0) is 13.8. The van der Waals surface area contributed by atoms with Crippen molar-refractivity contribution in [2.24, 2.45) is 5.73 Å². The van der Waals surface area contributed by atoms with Gasteiger partial charge in [0.15, 0.2) is 0 Å². The molecule has 1 heterocycles. The van der Waals surface area contributed by atoms with Crippen molar-refractivity contribution in [2.45, 2.75) is 13.0 Å². The van der Waals surface area contributed by atoms with Crippen LogP contribution in [0.25, 0.3) is 0 Å². The van der Waals surface area contributed by atoms with E-state index in [4.69, 9.17) is 17.3 Å². The van der Waals surface area contributed by atoms with Crippen molar-refractivity contribution in [3.8, 4) is 0 Å². The van der Waals surface area contributed by atoms with Gasteiger partial charge in [0, 0.05) is 22.8 Å². The first-order valence-electron chi connectivity index (χ1n) is 5.60. The van der Waals surface area contributed by atoms with E-state index >= 15 is 0 Å². The van der Waals surface area contributed by atoms with Gasteiger partial charge in [-0.3, -0.25) is 4.98 Å². The Morgan fingerprint density at radius 2 is 2.05 bits per heavy atom. The molecule has 0 fully saturated rings. The highest BCUT2D eigenvalue weighted by molar-refractivity contribution is 6.30. The molecular formula is C13H12ClF2N3. The fourth-order valence-electron chi connectivity index (χ4n) is 1.60. The predicted octanol–water partition coefficient (Wildman–Crippen LogP) is 3.87. The highest BCUT2D eigenvalue weighted by atomic mass is 35.5. The molecule has 2 aromatic rings. The summed E-state index contributed by atoms with van der Waals surface area (Å²) < 4.78 is 25.8. The molecule has 0 spiro atoms. The molecule has 0 saturated carbocycles. The normalized spacial score (nSPS) is 10.8. The summed E-state index contributed by atoms with van der Waals surface area (Å²) in [5.74, 6) is 0. The average Bonchev–Trinajstić information content (AvgIpc) is 2.41. The third-order valence-corrected chi connectivity index (χ3v) is 2.80. The van der Waals surface area contributed by atoms with Gasteiger partial charge in [-0.15, -0.1) is 0 Å². The maximum Gasteiger partial charge on any atom is 0.265 e. The highest BCUT2D eigenvalue weighted by Gasteiger charge is 2.13. The summed E-state index contributed by atoms with van der Waals surface area (Å²) in [5, 5.41) is 3.17. The standard InChI is InChI=1S/C13H12ClF2N3/c14-8-1-4-12(11(5-8)13(15)16)19-10-3-2-9(6-17)18-7-10/h1-5,7,13,19H,6,17H2. The summed E-state index contributed by atoms with van der Waals surface area (Å²) in [7, 11) is 0. The number of halogens is 3. The van der Waals surface area contributed by atoms with E-state index in [1.807, 2.05) is 0 Å². The number of hydrogen-bond donors (Lipinski definition) is 2. The van der Waals surface area contributed by atoms with Crippen LogP contribution < -0.4 is 11.1 Å². The molecule has 1 aromatic carbocycles. The average molecular weight is 284 g/mol. The Hall–Kier alpha value is -1.72. The van der Waals surface area contributed by atoms with Gasteiger partial charge in [0.2, 0.25) is 0 Å². The molecule has 6 heteroatoms. The Kier molecular flexibility index (Phi) is 4.29. The molecule has 1 aromatic heterocycles. The number of benzene rings is 1. The Bertz CT molecular complexity index is 558. The van der Waals surface area contributed by atoms with Gasteiger partial charge in [-0.05, 0) is 30.3 Å². The topological polar surface area (TPSA) is 50.9 Å². The Morgan fingerprint density at radius 1 is 1.26 bits per heavy atom. The van der Waals surface area contributed by atoms with Gasteiger partial charge in [0.1, 0.15) is 0 Å². The zero-order valence-corrected chi connectivity index (χ0v) is 10.7. The second-order valence-corrected chi connectivity index (χ2v) is 4.34. The molecule has 0 amide bonds. The number of pyridine rings is 1. The lowest BCUT2D eigenvalue weighted by Crippen LogP contribution is -2.01. The third kappa shape index (κ3) is 3.39. The quantitative estimate of drug-likeness (QED) is 0.895. The lowest BCUT2D eigenvalue weighted by molar-refractivity contribution is 0.152. The molecular weight excluding hydrogens is 272 g/mol. The Morgan fingerprint density at radius 3 is 2.63 bits per heavy atom. The molecule has 100 valence electrons. The molecule has 3 N–H and O–H groups in total. The van der Waals surface area contributed by atoms with Crippen molar-refractivity contribution in [2.75, 3.05) is 5.32 Å². The minimum Gasteiger partial charge on any atom is -0.354 e. The van der Waals surface area contributed by atoms with Gasteiger partial charge in [0.25, 0.3) is 6.43 Å². The number of hydrogen-bond acceptors (Lipinski definition) is 3. The van der Waals surface area contributed by atoms with Crippen molar-refractivity contribution >= 4 is 23.0 Å². The molecule has 0 aliphatic heterocycles. The van der Waals surface area contributed by atoms with E-state index < -0.39 is 6.43 Å². The zero-order valence-electron chi connectivity index (χ0n) is 9.91. The van der Waals surface area contributed by atoms with Crippen LogP contribution in [-0.4, -0.2) is 4.98 Å². The maximum atomic E-state index is 12.9. The van der Waals surface area contributed by atoms with E-state index in [-0.39, 0.29) is 10.6 Å². The van der Waals surface area contributed by atoms with Crippen LogP contribution in [-0.2, 0) is 6.54 Å². The van der Waals surface area contributed by atoms with Crippen LogP contribution in [0, 0.1) is 0 Å². The van der Waals surface area contributed by atoms with Gasteiger partial charge in [0.05, 0.1) is 17.6 Å². The summed E-state index contributed by atoms with van der Waals surface area (Å²) in [6.07, 6.45) is -1.05. The first kappa shape index (κ1) is 13.7. The molecule has 0 bridgehead atoms. The SMILES string of the molecule is NCc1ccc(Nc2ccc(Cl)cc2C(F)F)cn1. The fourth-order valence-corrected chi connectivity index (χ4v) is 1.78. The van der Waals surface area contributed by atoms with Crippen LogP contribution in [0.5, 0.6) is 0 Å². The van der Waals surface area contributed by atoms with E-state index in [1.165, 1.54) is 12.1 Å². The molecule has 0 radical (unpaired) electrons. The molecule has 2 rings (SSSR count). The van der Waals surface area contributed by atoms with Gasteiger partial charge in [-0.1, -0.05) is 11.6 Å². The predicted molar refractivity (Wildman–Crippen MR) is 71.8 cm³/mol. The molecule has 19 heavy (non-hydrogen) atoms. The second kappa shape index (κ2) is 5.95. The summed E-state index contributed by atoms with van der Waals surface area (Å²) in [5.41, 5.74) is 6.94. The largest absolute Gasteiger partial charge is 0.354 e. The van der Waals surface area contributed by atoms with Crippen LogP contribution in [0.1, 0.15) is 17.7 Å². The number of nitrogens with zero attached hydrogens (tertiary/aromatic N) is 1. The van der Waals surface area contributed by atoms with Crippen molar-refractivity contribution in [3.05, 3.63) is 52.8 Å². The van der Waals surface area contributed by atoms with E-state index in [9.17, 15) is 8.78 Å². The molecule has 3 nitrogen and oxygen atoms in total. The van der Waals surface area contributed by atoms with Gasteiger partial charge in [-0.2, -0.15) is 0 Å². The minimum absolute atomic E-state index is 0.143. The van der Waals surface area contributed by atoms with E-state index in [2.05, 4.69) is 10.3 Å². The van der Waals surface area contributed by atoms with Crippen molar-refractivity contribution in [3.63, 3.8) is 0 Å². The molecule has 0 unspecified atom stereocenters. The number of rotatable bonds is 4. The summed E-state index contributed by atoms with van der Waals surface area (Å²) in [4.78, 5) is 4.08. The van der Waals surface area contributed by atoms with Crippen LogP contribution in [0.3, 0.4) is 0 Å². The van der Waals surface area contributed by atoms with Crippen molar-refractivity contribution in [1.82, 2.24) is 4.98 Å². The smallest absolute Gasteiger partial charge is 0.265 e. The first-order chi connectivity index (χ1) is 9.10. The van der Waals surface area contributed by atoms with Gasteiger partial charge >= 0.3 is 0 Å². The number of alkyl halides is 2. The second-order valence-electron chi connectivity index (χ2n) is 3.90. The van der Waals surface area contributed by atoms with E-state index in [1.54, 1.807) is 24.4 Å². The number of anilines is 2. The third-order valence-electron chi connectivity index (χ3n) is 2.56. The van der Waals surface area contributed by atoms with Gasteiger partial charge in [-0.25, -0.2) is 8.78 Å². The summed E-state index contributed by atoms with van der Waals surface area (Å²) in [6, 6.07) is 7.79. The monoisotopic (exact) mass is 283 g/mol. The lowest BCUT2D eigenvalue weighted by atomic mass is 10.1. The van der Waals surface area contributed by atoms with Crippen molar-refractivity contribution < 1.29 is 8.78 Å².